The van der Waals surface area contributed by atoms with Gasteiger partial charge in [-0.15, -0.1) is 0 Å². The van der Waals surface area contributed by atoms with Gasteiger partial charge in [-0.25, -0.2) is 37.5 Å². The molecule has 4 aromatic carbocycles. The van der Waals surface area contributed by atoms with Crippen LogP contribution in [0.15, 0.2) is 66.6 Å². The van der Waals surface area contributed by atoms with E-state index in [2.05, 4.69) is 109 Å². The van der Waals surface area contributed by atoms with Crippen LogP contribution in [0.1, 0.15) is 150 Å². The van der Waals surface area contributed by atoms with Crippen molar-refractivity contribution < 1.29 is 73.5 Å². The number of methoxy groups -OCH3 is 4. The second kappa shape index (κ2) is 40.4. The number of aromatic nitrogens is 12. The Kier molecular flexibility index (Phi) is 28.4. The average Bonchev–Trinajstić information content (AvgIpc) is 1.09. The molecule has 4 N–H and O–H groups in total. The monoisotopic (exact) mass is 1820 g/mol. The zero-order chi connectivity index (χ0) is 92.4. The van der Waals surface area contributed by atoms with Crippen molar-refractivity contribution in [2.75, 3.05) is 127 Å². The van der Waals surface area contributed by atoms with Gasteiger partial charge in [-0.2, -0.15) is 19.9 Å². The lowest BCUT2D eigenvalue weighted by Gasteiger charge is -2.40. The van der Waals surface area contributed by atoms with Crippen molar-refractivity contribution in [3.63, 3.8) is 0 Å². The molecule has 704 valence electrons. The van der Waals surface area contributed by atoms with Gasteiger partial charge in [0, 0.05) is 171 Å². The largest absolute Gasteiger partial charge is 0.497 e. The minimum absolute atomic E-state index is 0.201. The third kappa shape index (κ3) is 19.8. The molecule has 16 heterocycles. The zero-order valence-electron chi connectivity index (χ0n) is 78.1. The van der Waals surface area contributed by atoms with Crippen molar-refractivity contribution in [3.05, 3.63) is 117 Å². The van der Waals surface area contributed by atoms with Crippen molar-refractivity contribution in [3.8, 4) is 68.8 Å². The smallest absolute Gasteiger partial charge is 0.261 e. The minimum atomic E-state index is -0.410. The first kappa shape index (κ1) is 92.7. The molecular weight excluding hydrogens is 1700 g/mol. The van der Waals surface area contributed by atoms with Crippen LogP contribution in [-0.2, 0) is 18.9 Å². The van der Waals surface area contributed by atoms with Gasteiger partial charge in [0.2, 0.25) is 0 Å². The standard InChI is InChI=1S/4C24H30FN5O3/c4*1-13-9-16(27-17-6-8-32-12-17)5-7-30(13)23-21(24-26-15(3)29-33-24)14(2)19-10-18(31-4)11-20(25)22(19)28-23/h4*10-11,13,16-17,27H,5-9,12H2,1-4H3/t2*13-,16+,17+;2*13-,16+,17-/m1010/s1. The van der Waals surface area contributed by atoms with Crippen LogP contribution in [0.25, 0.3) is 89.4 Å². The topological polar surface area (TPSA) is 342 Å². The van der Waals surface area contributed by atoms with Gasteiger partial charge in [0.1, 0.15) is 68.3 Å². The molecule has 8 aliphatic heterocycles. The summed E-state index contributed by atoms with van der Waals surface area (Å²) in [5.74, 6) is 6.64. The summed E-state index contributed by atoms with van der Waals surface area (Å²) >= 11 is 0. The maximum Gasteiger partial charge on any atom is 0.261 e. The summed E-state index contributed by atoms with van der Waals surface area (Å²) in [7, 11) is 6.10. The summed E-state index contributed by atoms with van der Waals surface area (Å²) in [6, 6.07) is 16.9. The highest BCUT2D eigenvalue weighted by Crippen LogP contribution is 2.47. The molecule has 36 heteroatoms. The summed E-state index contributed by atoms with van der Waals surface area (Å²) in [6.07, 6.45) is 11.9. The third-order valence-corrected chi connectivity index (χ3v) is 27.1. The highest BCUT2D eigenvalue weighted by molar-refractivity contribution is 5.97. The molecule has 0 radical (unpaired) electrons. The van der Waals surface area contributed by atoms with Crippen molar-refractivity contribution in [1.82, 2.24) is 81.8 Å². The lowest BCUT2D eigenvalue weighted by Crippen LogP contribution is -2.50. The molecule has 0 amide bonds. The number of halogens is 4. The first-order valence-electron chi connectivity index (χ1n) is 46.1. The fourth-order valence-corrected chi connectivity index (χ4v) is 20.2. The quantitative estimate of drug-likeness (QED) is 0.0515. The van der Waals surface area contributed by atoms with E-state index in [1.807, 2.05) is 27.7 Å². The van der Waals surface area contributed by atoms with Gasteiger partial charge in [0.05, 0.1) is 77.1 Å². The van der Waals surface area contributed by atoms with E-state index in [9.17, 15) is 0 Å². The fourth-order valence-electron chi connectivity index (χ4n) is 20.2. The number of aryl methyl sites for hydroxylation is 8. The molecular formula is C96H120F4N20O12. The lowest BCUT2D eigenvalue weighted by atomic mass is 9.95. The Morgan fingerprint density at radius 1 is 0.295 bits per heavy atom. The van der Waals surface area contributed by atoms with Gasteiger partial charge in [-0.1, -0.05) is 20.6 Å². The van der Waals surface area contributed by atoms with Crippen molar-refractivity contribution in [2.24, 2.45) is 0 Å². The summed E-state index contributed by atoms with van der Waals surface area (Å²) in [5.41, 5.74) is 7.63. The molecule has 8 saturated heterocycles. The van der Waals surface area contributed by atoms with Crippen LogP contribution in [0.3, 0.4) is 0 Å². The number of fused-ring (bicyclic) bond motifs is 4. The lowest BCUT2D eigenvalue weighted by molar-refractivity contribution is 0.185. The van der Waals surface area contributed by atoms with Gasteiger partial charge in [-0.05, 0) is 207 Å². The zero-order valence-corrected chi connectivity index (χ0v) is 78.1. The van der Waals surface area contributed by atoms with Gasteiger partial charge in [0.25, 0.3) is 23.6 Å². The van der Waals surface area contributed by atoms with Crippen LogP contribution in [0, 0.1) is 78.7 Å². The van der Waals surface area contributed by atoms with E-state index in [-0.39, 0.29) is 24.2 Å². The van der Waals surface area contributed by atoms with E-state index in [0.29, 0.717) is 185 Å². The molecule has 0 aliphatic carbocycles. The molecule has 8 aromatic heterocycles. The van der Waals surface area contributed by atoms with Gasteiger partial charge in [-0.3, -0.25) is 0 Å². The van der Waals surface area contributed by atoms with E-state index < -0.39 is 23.3 Å². The fraction of sp³-hybridized carbons (Fsp3) is 0.542. The van der Waals surface area contributed by atoms with Crippen molar-refractivity contribution in [2.45, 2.75) is 233 Å². The van der Waals surface area contributed by atoms with Gasteiger partial charge < -0.3 is 96.9 Å². The van der Waals surface area contributed by atoms with Crippen molar-refractivity contribution in [1.29, 1.82) is 0 Å². The highest BCUT2D eigenvalue weighted by atomic mass is 19.1. The number of ether oxygens (including phenoxy) is 8. The van der Waals surface area contributed by atoms with E-state index in [1.54, 1.807) is 52.0 Å². The predicted molar refractivity (Wildman–Crippen MR) is 493 cm³/mol. The molecule has 20 rings (SSSR count). The van der Waals surface area contributed by atoms with Crippen LogP contribution in [0.2, 0.25) is 0 Å². The normalized spacial score (nSPS) is 23.4. The van der Waals surface area contributed by atoms with E-state index in [4.69, 9.17) is 75.9 Å². The number of pyridine rings is 4. The summed E-state index contributed by atoms with van der Waals surface area (Å²) < 4.78 is 126. The van der Waals surface area contributed by atoms with Crippen LogP contribution >= 0.6 is 0 Å². The summed E-state index contributed by atoms with van der Waals surface area (Å²) in [6.45, 7) is 33.3. The van der Waals surface area contributed by atoms with Crippen LogP contribution in [0.4, 0.5) is 40.8 Å². The van der Waals surface area contributed by atoms with Gasteiger partial charge in [0.15, 0.2) is 46.6 Å². The maximum atomic E-state index is 15.1. The Balaban J connectivity index is 0.000000123. The Bertz CT molecular complexity index is 5370. The molecule has 132 heavy (non-hydrogen) atoms. The second-order valence-corrected chi connectivity index (χ2v) is 36.3. The number of rotatable bonds is 20. The number of piperidine rings is 4. The number of nitrogens with zero attached hydrogens (tertiary/aromatic N) is 16. The molecule has 0 bridgehead atoms. The SMILES string of the molecule is COc1cc(F)c2nc(N3CC[C@@H](N[C@@H]4CCOC4)C[C@@H]3C)c(-c3nc(C)no3)c(C)c2c1.COc1cc(F)c2nc(N3CC[C@@H](N[C@H]4CCOC4)C[C@@H]3C)c(-c3nc(C)no3)c(C)c2c1.COc1cc(F)c2nc(N3CC[C@H](N[C@@H]4CCOC4)C[C@H]3C)c(-c3nc(C)no3)c(C)c2c1.COc1cc(F)c2nc(N3CC[C@H](N[C@H]4CCOC4)C[C@H]3C)c(-c3nc(C)no3)c(C)c2c1. The first-order chi connectivity index (χ1) is 63.8. The van der Waals surface area contributed by atoms with Crippen molar-refractivity contribution >= 4 is 66.9 Å². The Labute approximate surface area is 764 Å². The summed E-state index contributed by atoms with van der Waals surface area (Å²) in [5, 5.41) is 33.6. The molecule has 8 aliphatic rings. The average molecular weight is 1820 g/mol. The molecule has 0 saturated carbocycles. The minimum Gasteiger partial charge on any atom is -0.497 e. The predicted octanol–water partition coefficient (Wildman–Crippen LogP) is 15.1. The molecule has 12 aromatic rings. The highest BCUT2D eigenvalue weighted by Gasteiger charge is 2.40. The number of benzene rings is 4. The van der Waals surface area contributed by atoms with Crippen LogP contribution in [-0.4, -0.2) is 240 Å². The van der Waals surface area contributed by atoms with Crippen LogP contribution in [0.5, 0.6) is 23.0 Å². The van der Waals surface area contributed by atoms with E-state index in [1.165, 1.54) is 52.7 Å². The number of anilines is 4. The molecule has 0 spiro atoms. The number of hydrogen-bond donors (Lipinski definition) is 4. The molecule has 32 nitrogen and oxygen atoms in total. The maximum absolute atomic E-state index is 15.1. The van der Waals surface area contributed by atoms with Crippen LogP contribution < -0.4 is 59.8 Å². The summed E-state index contributed by atoms with van der Waals surface area (Å²) in [4.78, 5) is 46.2. The Morgan fingerprint density at radius 3 is 0.674 bits per heavy atom. The van der Waals surface area contributed by atoms with Gasteiger partial charge >= 0.3 is 0 Å². The van der Waals surface area contributed by atoms with E-state index >= 15 is 17.6 Å². The molecule has 8 fully saturated rings. The second-order valence-electron chi connectivity index (χ2n) is 36.3. The third-order valence-electron chi connectivity index (χ3n) is 27.1. The molecule has 12 atom stereocenters. The van der Waals surface area contributed by atoms with E-state index in [0.717, 1.165) is 201 Å². The first-order valence-corrected chi connectivity index (χ1v) is 46.1. The number of hydrogen-bond acceptors (Lipinski definition) is 32. The Hall–Kier alpha value is -11.1. The molecule has 0 unspecified atom stereocenters. The Morgan fingerprint density at radius 2 is 0.508 bits per heavy atom. The number of nitrogens with one attached hydrogen (secondary N) is 4.